The maximum Gasteiger partial charge on any atom is 0.250 e. The van der Waals surface area contributed by atoms with E-state index < -0.39 is 15.9 Å². The Morgan fingerprint density at radius 2 is 1.74 bits per heavy atom. The SMILES string of the molecule is NC(=O)c1cc(-c2ccccc2)cc2c(C3CCN(S(=O)(=O)CCCNC4CCC(O)CC4)CC3)c[nH]c12. The first-order chi connectivity index (χ1) is 18.3. The number of sulfonamides is 1. The number of amides is 1. The van der Waals surface area contributed by atoms with E-state index in [4.69, 9.17) is 5.73 Å². The zero-order valence-electron chi connectivity index (χ0n) is 21.7. The minimum Gasteiger partial charge on any atom is -0.393 e. The van der Waals surface area contributed by atoms with Gasteiger partial charge in [0.05, 0.1) is 22.9 Å². The van der Waals surface area contributed by atoms with E-state index in [1.807, 2.05) is 42.6 Å². The molecule has 1 aliphatic carbocycles. The summed E-state index contributed by atoms with van der Waals surface area (Å²) in [6, 6.07) is 14.2. The number of nitrogens with zero attached hydrogens (tertiary/aromatic N) is 1. The number of nitrogens with two attached hydrogens (primary N) is 1. The summed E-state index contributed by atoms with van der Waals surface area (Å²) >= 11 is 0. The molecule has 5 N–H and O–H groups in total. The number of benzene rings is 2. The number of nitrogens with one attached hydrogen (secondary N) is 2. The molecule has 2 aromatic carbocycles. The topological polar surface area (TPSA) is 129 Å². The third-order valence-electron chi connectivity index (χ3n) is 8.19. The van der Waals surface area contributed by atoms with Gasteiger partial charge in [-0.1, -0.05) is 30.3 Å². The number of primary amides is 1. The smallest absolute Gasteiger partial charge is 0.250 e. The van der Waals surface area contributed by atoms with Gasteiger partial charge in [0.1, 0.15) is 0 Å². The third-order valence-corrected chi connectivity index (χ3v) is 10.1. The first-order valence-corrected chi connectivity index (χ1v) is 15.3. The molecule has 0 atom stereocenters. The second-order valence-corrected chi connectivity index (χ2v) is 12.8. The van der Waals surface area contributed by atoms with E-state index in [0.717, 1.165) is 66.1 Å². The summed E-state index contributed by atoms with van der Waals surface area (Å²) in [7, 11) is -3.31. The van der Waals surface area contributed by atoms with Crippen molar-refractivity contribution < 1.29 is 18.3 Å². The Labute approximate surface area is 224 Å². The largest absolute Gasteiger partial charge is 0.393 e. The van der Waals surface area contributed by atoms with Crippen LogP contribution in [0.4, 0.5) is 0 Å². The molecule has 2 aliphatic rings. The number of aliphatic hydroxyl groups excluding tert-OH is 1. The van der Waals surface area contributed by atoms with E-state index in [-0.39, 0.29) is 17.8 Å². The van der Waals surface area contributed by atoms with Crippen molar-refractivity contribution in [3.05, 3.63) is 59.8 Å². The molecule has 2 heterocycles. The molecule has 9 heteroatoms. The molecule has 2 fully saturated rings. The lowest BCUT2D eigenvalue weighted by Crippen LogP contribution is -2.40. The van der Waals surface area contributed by atoms with Crippen LogP contribution in [0.1, 0.15) is 66.8 Å². The van der Waals surface area contributed by atoms with Crippen LogP contribution in [-0.2, 0) is 10.0 Å². The van der Waals surface area contributed by atoms with Crippen molar-refractivity contribution >= 4 is 26.8 Å². The molecule has 0 bridgehead atoms. The van der Waals surface area contributed by atoms with Crippen LogP contribution in [-0.4, -0.2) is 66.3 Å². The first kappa shape index (κ1) is 26.9. The van der Waals surface area contributed by atoms with Crippen LogP contribution in [0.5, 0.6) is 0 Å². The number of piperidine rings is 1. The summed E-state index contributed by atoms with van der Waals surface area (Å²) in [4.78, 5) is 15.5. The highest BCUT2D eigenvalue weighted by Gasteiger charge is 2.30. The lowest BCUT2D eigenvalue weighted by Gasteiger charge is -2.31. The fraction of sp³-hybridized carbons (Fsp3) is 0.483. The maximum atomic E-state index is 13.0. The monoisotopic (exact) mass is 538 g/mol. The summed E-state index contributed by atoms with van der Waals surface area (Å²) < 4.78 is 27.7. The molecule has 8 nitrogen and oxygen atoms in total. The Morgan fingerprint density at radius 3 is 2.42 bits per heavy atom. The van der Waals surface area contributed by atoms with Crippen molar-refractivity contribution in [2.24, 2.45) is 5.73 Å². The first-order valence-electron chi connectivity index (χ1n) is 13.7. The van der Waals surface area contributed by atoms with Gasteiger partial charge in [0.25, 0.3) is 5.91 Å². The molecule has 1 aromatic heterocycles. The van der Waals surface area contributed by atoms with Gasteiger partial charge >= 0.3 is 0 Å². The average Bonchev–Trinajstić information content (AvgIpc) is 3.36. The lowest BCUT2D eigenvalue weighted by molar-refractivity contribution is 0.100. The zero-order valence-corrected chi connectivity index (χ0v) is 22.6. The van der Waals surface area contributed by atoms with Crippen LogP contribution in [0.3, 0.4) is 0 Å². The molecule has 0 spiro atoms. The van der Waals surface area contributed by atoms with Gasteiger partial charge in [-0.25, -0.2) is 12.7 Å². The van der Waals surface area contributed by atoms with E-state index in [1.165, 1.54) is 0 Å². The van der Waals surface area contributed by atoms with Gasteiger partial charge in [-0.3, -0.25) is 4.79 Å². The van der Waals surface area contributed by atoms with Crippen LogP contribution < -0.4 is 11.1 Å². The molecule has 1 aliphatic heterocycles. The molecule has 204 valence electrons. The highest BCUT2D eigenvalue weighted by molar-refractivity contribution is 7.89. The van der Waals surface area contributed by atoms with Gasteiger partial charge in [0.2, 0.25) is 10.0 Å². The molecular formula is C29H38N4O4S. The molecule has 0 radical (unpaired) electrons. The fourth-order valence-electron chi connectivity index (χ4n) is 6.00. The summed E-state index contributed by atoms with van der Waals surface area (Å²) in [6.45, 7) is 1.67. The Bertz CT molecular complexity index is 1360. The van der Waals surface area contributed by atoms with Crippen molar-refractivity contribution in [2.45, 2.75) is 63.0 Å². The number of rotatable bonds is 9. The molecule has 5 rings (SSSR count). The van der Waals surface area contributed by atoms with E-state index in [1.54, 1.807) is 4.31 Å². The minimum absolute atomic E-state index is 0.148. The van der Waals surface area contributed by atoms with Gasteiger partial charge in [-0.2, -0.15) is 0 Å². The minimum atomic E-state index is -3.31. The average molecular weight is 539 g/mol. The number of H-pyrrole nitrogens is 1. The molecule has 38 heavy (non-hydrogen) atoms. The number of aromatic nitrogens is 1. The molecule has 0 unspecified atom stereocenters. The molecular weight excluding hydrogens is 500 g/mol. The van der Waals surface area contributed by atoms with Crippen molar-refractivity contribution in [3.8, 4) is 11.1 Å². The predicted molar refractivity (Wildman–Crippen MR) is 150 cm³/mol. The second-order valence-electron chi connectivity index (χ2n) is 10.7. The molecule has 1 amide bonds. The summed E-state index contributed by atoms with van der Waals surface area (Å²) in [5.41, 5.74) is 9.99. The molecule has 3 aromatic rings. The second kappa shape index (κ2) is 11.6. The van der Waals surface area contributed by atoms with E-state index >= 15 is 0 Å². The zero-order chi connectivity index (χ0) is 26.7. The molecule has 1 saturated heterocycles. The number of hydrogen-bond donors (Lipinski definition) is 4. The van der Waals surface area contributed by atoms with Crippen LogP contribution in [0.2, 0.25) is 0 Å². The Hall–Kier alpha value is -2.72. The van der Waals surface area contributed by atoms with E-state index in [0.29, 0.717) is 37.7 Å². The quantitative estimate of drug-likeness (QED) is 0.309. The van der Waals surface area contributed by atoms with Crippen LogP contribution in [0, 0.1) is 0 Å². The highest BCUT2D eigenvalue weighted by Crippen LogP contribution is 2.37. The van der Waals surface area contributed by atoms with Crippen LogP contribution >= 0.6 is 0 Å². The van der Waals surface area contributed by atoms with Gasteiger partial charge in [-0.05, 0) is 86.2 Å². The molecule has 1 saturated carbocycles. The fourth-order valence-corrected chi connectivity index (χ4v) is 7.53. The van der Waals surface area contributed by atoms with Crippen molar-refractivity contribution in [3.63, 3.8) is 0 Å². The van der Waals surface area contributed by atoms with E-state index in [2.05, 4.69) is 16.4 Å². The summed E-state index contributed by atoms with van der Waals surface area (Å²) in [5.74, 6) is -0.127. The Kier molecular flexibility index (Phi) is 8.18. The normalized spacial score (nSPS) is 21.6. The number of carbonyl (C=O) groups excluding carboxylic acids is 1. The standard InChI is InChI=1S/C29H38N4O4S/c30-29(35)26-18-22(20-5-2-1-3-6-20)17-25-27(19-32-28(25)26)21-11-14-33(15-12-21)38(36,37)16-4-13-31-23-7-9-24(34)10-8-23/h1-3,5-6,17-19,21,23-24,31-32,34H,4,7-16H2,(H2,30,35). The third kappa shape index (κ3) is 5.96. The van der Waals surface area contributed by atoms with Crippen LogP contribution in [0.15, 0.2) is 48.7 Å². The maximum absolute atomic E-state index is 13.0. The van der Waals surface area contributed by atoms with Gasteiger partial charge < -0.3 is 21.1 Å². The number of aliphatic hydroxyl groups is 1. The number of carbonyl (C=O) groups is 1. The summed E-state index contributed by atoms with van der Waals surface area (Å²) in [5, 5.41) is 14.1. The van der Waals surface area contributed by atoms with E-state index in [9.17, 15) is 18.3 Å². The predicted octanol–water partition coefficient (Wildman–Crippen LogP) is 3.73. The van der Waals surface area contributed by atoms with Gasteiger partial charge in [0.15, 0.2) is 0 Å². The van der Waals surface area contributed by atoms with Crippen molar-refractivity contribution in [1.29, 1.82) is 0 Å². The Balaban J connectivity index is 1.22. The number of aromatic amines is 1. The summed E-state index contributed by atoms with van der Waals surface area (Å²) in [6.07, 6.45) is 7.35. The van der Waals surface area contributed by atoms with Crippen molar-refractivity contribution in [2.75, 3.05) is 25.4 Å². The Morgan fingerprint density at radius 1 is 1.03 bits per heavy atom. The lowest BCUT2D eigenvalue weighted by atomic mass is 9.88. The van der Waals surface area contributed by atoms with Crippen molar-refractivity contribution in [1.82, 2.24) is 14.6 Å². The van der Waals surface area contributed by atoms with Gasteiger partial charge in [0, 0.05) is 30.7 Å². The number of hydrogen-bond acceptors (Lipinski definition) is 5. The van der Waals surface area contributed by atoms with Crippen LogP contribution in [0.25, 0.3) is 22.0 Å². The van der Waals surface area contributed by atoms with Gasteiger partial charge in [-0.15, -0.1) is 0 Å². The highest BCUT2D eigenvalue weighted by atomic mass is 32.2. The number of fused-ring (bicyclic) bond motifs is 1.